The summed E-state index contributed by atoms with van der Waals surface area (Å²) in [5.41, 5.74) is 7.44. The van der Waals surface area contributed by atoms with Crippen LogP contribution in [0.15, 0.2) is 18.2 Å². The molecular weight excluding hydrogens is 164 g/mol. The van der Waals surface area contributed by atoms with Crippen LogP contribution < -0.4 is 11.1 Å². The third-order valence-electron chi connectivity index (χ3n) is 2.33. The van der Waals surface area contributed by atoms with Gasteiger partial charge in [0.05, 0.1) is 0 Å². The van der Waals surface area contributed by atoms with Gasteiger partial charge in [0.1, 0.15) is 6.04 Å². The summed E-state index contributed by atoms with van der Waals surface area (Å²) in [6, 6.07) is 8.31. The third kappa shape index (κ3) is 1.42. The normalized spacial score (nSPS) is 20.8. The van der Waals surface area contributed by atoms with E-state index in [2.05, 4.69) is 11.4 Å². The quantitative estimate of drug-likeness (QED) is 0.638. The number of benzene rings is 1. The minimum Gasteiger partial charge on any atom is -0.368 e. The topological polar surface area (TPSA) is 55.1 Å². The van der Waals surface area contributed by atoms with Crippen LogP contribution in [-0.4, -0.2) is 12.5 Å². The molecule has 0 aliphatic carbocycles. The Hall–Kier alpha value is -1.35. The molecule has 3 N–H and O–H groups in total. The van der Waals surface area contributed by atoms with E-state index in [1.807, 2.05) is 18.2 Å². The highest BCUT2D eigenvalue weighted by Gasteiger charge is 2.23. The molecule has 0 fully saturated rings. The maximum Gasteiger partial charge on any atom is 0.239 e. The summed E-state index contributed by atoms with van der Waals surface area (Å²) in [6.07, 6.45) is 0.941. The molecule has 1 aromatic rings. The molecule has 1 aliphatic rings. The van der Waals surface area contributed by atoms with Crippen molar-refractivity contribution in [1.82, 2.24) is 5.32 Å². The van der Waals surface area contributed by atoms with E-state index in [9.17, 15) is 4.79 Å². The molecule has 0 spiro atoms. The van der Waals surface area contributed by atoms with Gasteiger partial charge in [-0.05, 0) is 23.6 Å². The second kappa shape index (κ2) is 3.18. The van der Waals surface area contributed by atoms with Crippen molar-refractivity contribution in [1.29, 1.82) is 0 Å². The van der Waals surface area contributed by atoms with Crippen molar-refractivity contribution in [3.63, 3.8) is 0 Å². The van der Waals surface area contributed by atoms with Gasteiger partial charge in [-0.25, -0.2) is 0 Å². The lowest BCUT2D eigenvalue weighted by Gasteiger charge is -2.23. The van der Waals surface area contributed by atoms with E-state index in [1.165, 1.54) is 5.56 Å². The first kappa shape index (κ1) is 8.26. The molecule has 1 aromatic carbocycles. The van der Waals surface area contributed by atoms with Gasteiger partial charge < -0.3 is 11.1 Å². The Morgan fingerprint density at radius 1 is 1.69 bits per heavy atom. The van der Waals surface area contributed by atoms with Crippen molar-refractivity contribution in [3.8, 4) is 0 Å². The molecule has 1 amide bonds. The molecule has 3 heteroatoms. The standard InChI is InChI=1S/C10H11N2O/c11-10(13)9-8-4-2-1-3-7(8)5-6-12-9/h2-4,9,12H,5-6H2,(H2,11,13). The molecule has 0 saturated heterocycles. The Balaban J connectivity index is 2.42. The first-order valence-corrected chi connectivity index (χ1v) is 4.30. The van der Waals surface area contributed by atoms with Crippen LogP contribution in [0.3, 0.4) is 0 Å². The molecule has 67 valence electrons. The smallest absolute Gasteiger partial charge is 0.239 e. The molecule has 0 aromatic heterocycles. The van der Waals surface area contributed by atoms with Crippen LogP contribution in [-0.2, 0) is 11.2 Å². The van der Waals surface area contributed by atoms with E-state index < -0.39 is 0 Å². The minimum atomic E-state index is -0.321. The van der Waals surface area contributed by atoms with Crippen molar-refractivity contribution in [3.05, 3.63) is 35.4 Å². The summed E-state index contributed by atoms with van der Waals surface area (Å²) in [7, 11) is 0. The Labute approximate surface area is 76.9 Å². The van der Waals surface area contributed by atoms with Gasteiger partial charge in [0.25, 0.3) is 0 Å². The van der Waals surface area contributed by atoms with Gasteiger partial charge in [0.2, 0.25) is 5.91 Å². The molecule has 1 unspecified atom stereocenters. The number of carbonyl (C=O) groups is 1. The fraction of sp³-hybridized carbons (Fsp3) is 0.300. The second-order valence-electron chi connectivity index (χ2n) is 3.16. The van der Waals surface area contributed by atoms with Gasteiger partial charge in [-0.3, -0.25) is 4.79 Å². The summed E-state index contributed by atoms with van der Waals surface area (Å²) >= 11 is 0. The van der Waals surface area contributed by atoms with Crippen LogP contribution in [0.2, 0.25) is 0 Å². The Morgan fingerprint density at radius 2 is 2.54 bits per heavy atom. The first-order valence-electron chi connectivity index (χ1n) is 4.30. The number of nitrogens with one attached hydrogen (secondary N) is 1. The molecule has 13 heavy (non-hydrogen) atoms. The van der Waals surface area contributed by atoms with Crippen LogP contribution in [0.25, 0.3) is 0 Å². The van der Waals surface area contributed by atoms with Crippen molar-refractivity contribution in [2.75, 3.05) is 6.54 Å². The molecular formula is C10H11N2O. The van der Waals surface area contributed by atoms with E-state index in [0.717, 1.165) is 18.5 Å². The number of nitrogens with two attached hydrogens (primary N) is 1. The summed E-state index contributed by atoms with van der Waals surface area (Å²) < 4.78 is 0. The zero-order chi connectivity index (χ0) is 9.26. The van der Waals surface area contributed by atoms with Gasteiger partial charge in [-0.15, -0.1) is 0 Å². The fourth-order valence-electron chi connectivity index (χ4n) is 1.69. The molecule has 2 rings (SSSR count). The number of carbonyl (C=O) groups excluding carboxylic acids is 1. The Bertz CT molecular complexity index is 335. The molecule has 1 heterocycles. The Kier molecular flexibility index (Phi) is 2.02. The predicted molar refractivity (Wildman–Crippen MR) is 48.9 cm³/mol. The largest absolute Gasteiger partial charge is 0.368 e. The number of fused-ring (bicyclic) bond motifs is 1. The van der Waals surface area contributed by atoms with E-state index in [-0.39, 0.29) is 11.9 Å². The lowest BCUT2D eigenvalue weighted by molar-refractivity contribution is -0.120. The number of hydrogen-bond acceptors (Lipinski definition) is 2. The first-order chi connectivity index (χ1) is 6.29. The highest BCUT2D eigenvalue weighted by atomic mass is 16.1. The number of hydrogen-bond donors (Lipinski definition) is 2. The van der Waals surface area contributed by atoms with E-state index in [4.69, 9.17) is 5.73 Å². The van der Waals surface area contributed by atoms with Crippen molar-refractivity contribution < 1.29 is 4.79 Å². The summed E-state index contributed by atoms with van der Waals surface area (Å²) in [6.45, 7) is 0.804. The predicted octanol–water partition coefficient (Wildman–Crippen LogP) is 0.159. The SMILES string of the molecule is NC(=O)C1NCCc2c[c]ccc21. The highest BCUT2D eigenvalue weighted by molar-refractivity contribution is 5.82. The van der Waals surface area contributed by atoms with Gasteiger partial charge in [-0.1, -0.05) is 18.2 Å². The molecule has 1 aliphatic heterocycles. The van der Waals surface area contributed by atoms with Crippen LogP contribution >= 0.6 is 0 Å². The summed E-state index contributed by atoms with van der Waals surface area (Å²) in [5, 5.41) is 3.09. The fourth-order valence-corrected chi connectivity index (χ4v) is 1.69. The van der Waals surface area contributed by atoms with E-state index in [0.29, 0.717) is 0 Å². The maximum absolute atomic E-state index is 11.1. The molecule has 1 atom stereocenters. The van der Waals surface area contributed by atoms with E-state index >= 15 is 0 Å². The maximum atomic E-state index is 11.1. The van der Waals surface area contributed by atoms with Crippen LogP contribution in [0, 0.1) is 6.07 Å². The average Bonchev–Trinajstić information content (AvgIpc) is 2.17. The lowest BCUT2D eigenvalue weighted by Crippen LogP contribution is -2.38. The monoisotopic (exact) mass is 175 g/mol. The third-order valence-corrected chi connectivity index (χ3v) is 2.33. The van der Waals surface area contributed by atoms with Gasteiger partial charge in [0.15, 0.2) is 0 Å². The van der Waals surface area contributed by atoms with Crippen molar-refractivity contribution >= 4 is 5.91 Å². The van der Waals surface area contributed by atoms with Crippen LogP contribution in [0.4, 0.5) is 0 Å². The second-order valence-corrected chi connectivity index (χ2v) is 3.16. The van der Waals surface area contributed by atoms with E-state index in [1.54, 1.807) is 0 Å². The minimum absolute atomic E-state index is 0.313. The molecule has 0 saturated carbocycles. The number of rotatable bonds is 1. The highest BCUT2D eigenvalue weighted by Crippen LogP contribution is 2.21. The zero-order valence-electron chi connectivity index (χ0n) is 7.21. The van der Waals surface area contributed by atoms with Crippen molar-refractivity contribution in [2.45, 2.75) is 12.5 Å². The molecule has 1 radical (unpaired) electrons. The van der Waals surface area contributed by atoms with Gasteiger partial charge in [-0.2, -0.15) is 0 Å². The van der Waals surface area contributed by atoms with Gasteiger partial charge in [0, 0.05) is 6.54 Å². The molecule has 3 nitrogen and oxygen atoms in total. The lowest BCUT2D eigenvalue weighted by atomic mass is 9.94. The number of amides is 1. The summed E-state index contributed by atoms with van der Waals surface area (Å²) in [5.74, 6) is -0.313. The summed E-state index contributed by atoms with van der Waals surface area (Å²) in [4.78, 5) is 11.1. The average molecular weight is 175 g/mol. The Morgan fingerprint density at radius 3 is 3.31 bits per heavy atom. The molecule has 0 bridgehead atoms. The van der Waals surface area contributed by atoms with Crippen LogP contribution in [0.5, 0.6) is 0 Å². The zero-order valence-corrected chi connectivity index (χ0v) is 7.21. The van der Waals surface area contributed by atoms with Crippen molar-refractivity contribution in [2.24, 2.45) is 5.73 Å². The van der Waals surface area contributed by atoms with Crippen LogP contribution in [0.1, 0.15) is 17.2 Å². The van der Waals surface area contributed by atoms with Gasteiger partial charge >= 0.3 is 0 Å². The number of primary amides is 1.